The van der Waals surface area contributed by atoms with Gasteiger partial charge in [0.1, 0.15) is 11.7 Å². The van der Waals surface area contributed by atoms with Crippen molar-refractivity contribution in [2.75, 3.05) is 20.2 Å². The fourth-order valence-corrected chi connectivity index (χ4v) is 8.13. The van der Waals surface area contributed by atoms with Crippen molar-refractivity contribution in [3.8, 4) is 11.5 Å². The number of aromatic hydroxyl groups is 1. The molecule has 5 aliphatic carbocycles. The van der Waals surface area contributed by atoms with Crippen LogP contribution in [0.2, 0.25) is 0 Å². The van der Waals surface area contributed by atoms with Gasteiger partial charge in [-0.05, 0) is 62.1 Å². The first-order valence-corrected chi connectivity index (χ1v) is 11.1. The van der Waals surface area contributed by atoms with E-state index in [1.54, 1.807) is 0 Å². The van der Waals surface area contributed by atoms with E-state index in [1.165, 1.54) is 30.5 Å². The number of benzene rings is 1. The summed E-state index contributed by atoms with van der Waals surface area (Å²) in [5.74, 6) is 2.36. The summed E-state index contributed by atoms with van der Waals surface area (Å²) in [6, 6.07) is 4.54. The molecule has 1 aromatic rings. The highest BCUT2D eigenvalue weighted by Crippen LogP contribution is 2.74. The number of hydrogen-bond acceptors (Lipinski definition) is 4. The van der Waals surface area contributed by atoms with Crippen molar-refractivity contribution >= 4 is 0 Å². The largest absolute Gasteiger partial charge is 0.504 e. The lowest BCUT2D eigenvalue weighted by Gasteiger charge is -2.71. The first-order chi connectivity index (χ1) is 13.6. The molecule has 2 saturated carbocycles. The fourth-order valence-electron chi connectivity index (χ4n) is 8.13. The van der Waals surface area contributed by atoms with Crippen LogP contribution in [0, 0.1) is 17.3 Å². The molecular formula is C24H29NO3. The summed E-state index contributed by atoms with van der Waals surface area (Å²) in [6.07, 6.45) is 11.0. The number of nitrogens with zero attached hydrogens (tertiary/aromatic N) is 1. The Kier molecular flexibility index (Phi) is 2.79. The van der Waals surface area contributed by atoms with E-state index in [-0.39, 0.29) is 16.9 Å². The maximum atomic E-state index is 10.7. The van der Waals surface area contributed by atoms with Crippen molar-refractivity contribution in [2.45, 2.75) is 62.2 Å². The lowest BCUT2D eigenvalue weighted by atomic mass is 9.37. The number of hydrogen-bond donors (Lipinski definition) is 1. The van der Waals surface area contributed by atoms with Crippen LogP contribution in [-0.4, -0.2) is 48.0 Å². The van der Waals surface area contributed by atoms with Crippen LogP contribution < -0.4 is 4.74 Å². The molecule has 2 spiro atoms. The normalized spacial score (nSPS) is 47.1. The molecule has 4 heteroatoms. The minimum atomic E-state index is -0.398. The van der Waals surface area contributed by atoms with Crippen molar-refractivity contribution in [3.63, 3.8) is 0 Å². The van der Waals surface area contributed by atoms with Crippen molar-refractivity contribution in [1.29, 1.82) is 0 Å². The molecule has 0 radical (unpaired) electrons. The quantitative estimate of drug-likeness (QED) is 0.818. The van der Waals surface area contributed by atoms with Crippen LogP contribution in [0.4, 0.5) is 0 Å². The monoisotopic (exact) mass is 379 g/mol. The van der Waals surface area contributed by atoms with Crippen molar-refractivity contribution in [1.82, 2.24) is 4.90 Å². The van der Waals surface area contributed by atoms with E-state index in [9.17, 15) is 5.11 Å². The van der Waals surface area contributed by atoms with Gasteiger partial charge >= 0.3 is 0 Å². The standard InChI is InChI=1S/C24H29NO3/c1-14-12-22-7-8-24(14,27-2)21-23(22)9-10-25(13-15-3-4-15)18(22)11-16-5-6-17(26)20(28-21)19(16)23/h5-8,14-15,18,21,26H,3-4,9-13H2,1-2H3/t14-,18-,21-,22-,23+,24-/m1/s1. The van der Waals surface area contributed by atoms with E-state index in [4.69, 9.17) is 9.47 Å². The molecular weight excluding hydrogens is 350 g/mol. The third-order valence-corrected chi connectivity index (χ3v) is 9.43. The minimum Gasteiger partial charge on any atom is -0.504 e. The molecule has 148 valence electrons. The molecule has 7 aliphatic rings. The summed E-state index contributed by atoms with van der Waals surface area (Å²) in [5, 5.41) is 10.7. The lowest BCUT2D eigenvalue weighted by Crippen LogP contribution is -2.78. The Bertz CT molecular complexity index is 923. The van der Waals surface area contributed by atoms with E-state index in [0.29, 0.717) is 17.7 Å². The van der Waals surface area contributed by atoms with Gasteiger partial charge in [-0.25, -0.2) is 0 Å². The molecule has 3 fully saturated rings. The average Bonchev–Trinajstić information content (AvgIpc) is 3.43. The highest BCUT2D eigenvalue weighted by atomic mass is 16.6. The molecule has 1 saturated heterocycles. The molecule has 28 heavy (non-hydrogen) atoms. The topological polar surface area (TPSA) is 41.9 Å². The van der Waals surface area contributed by atoms with Gasteiger partial charge in [-0.1, -0.05) is 25.1 Å². The molecule has 4 bridgehead atoms. The van der Waals surface area contributed by atoms with Crippen molar-refractivity contribution in [2.24, 2.45) is 17.3 Å². The van der Waals surface area contributed by atoms with Gasteiger partial charge < -0.3 is 14.6 Å². The lowest BCUT2D eigenvalue weighted by molar-refractivity contribution is -0.212. The maximum Gasteiger partial charge on any atom is 0.165 e. The van der Waals surface area contributed by atoms with Crippen LogP contribution in [0.3, 0.4) is 0 Å². The Morgan fingerprint density at radius 2 is 2.14 bits per heavy atom. The molecule has 1 N–H and O–H groups in total. The number of rotatable bonds is 3. The van der Waals surface area contributed by atoms with E-state index in [1.807, 2.05) is 13.2 Å². The van der Waals surface area contributed by atoms with Gasteiger partial charge in [-0.15, -0.1) is 0 Å². The Labute approximate surface area is 166 Å². The molecule has 0 aromatic heterocycles. The van der Waals surface area contributed by atoms with Crippen LogP contribution in [0.1, 0.15) is 43.7 Å². The summed E-state index contributed by atoms with van der Waals surface area (Å²) >= 11 is 0. The zero-order valence-electron chi connectivity index (χ0n) is 16.8. The van der Waals surface area contributed by atoms with E-state index in [0.717, 1.165) is 37.5 Å². The number of likely N-dealkylation sites (tertiary alicyclic amines) is 1. The molecule has 6 atom stereocenters. The Balaban J connectivity index is 1.51. The highest BCUT2D eigenvalue weighted by Gasteiger charge is 2.78. The Morgan fingerprint density at radius 3 is 2.89 bits per heavy atom. The molecule has 0 unspecified atom stereocenters. The average molecular weight is 380 g/mol. The smallest absolute Gasteiger partial charge is 0.165 e. The summed E-state index contributed by atoms with van der Waals surface area (Å²) in [6.45, 7) is 4.73. The second-order valence-corrected chi connectivity index (χ2v) is 10.4. The zero-order chi connectivity index (χ0) is 18.9. The molecule has 4 nitrogen and oxygen atoms in total. The third-order valence-electron chi connectivity index (χ3n) is 9.43. The first-order valence-electron chi connectivity index (χ1n) is 11.1. The summed E-state index contributed by atoms with van der Waals surface area (Å²) in [7, 11) is 1.84. The van der Waals surface area contributed by atoms with Crippen LogP contribution in [-0.2, 0) is 16.6 Å². The van der Waals surface area contributed by atoms with Crippen LogP contribution in [0.15, 0.2) is 24.3 Å². The zero-order valence-corrected chi connectivity index (χ0v) is 16.8. The minimum absolute atomic E-state index is 0.0355. The van der Waals surface area contributed by atoms with Gasteiger partial charge in [0.05, 0.1) is 5.41 Å². The molecule has 0 amide bonds. The highest BCUT2D eigenvalue weighted by molar-refractivity contribution is 5.65. The summed E-state index contributed by atoms with van der Waals surface area (Å²) in [5.41, 5.74) is 2.35. The van der Waals surface area contributed by atoms with Gasteiger partial charge in [-0.2, -0.15) is 0 Å². The molecule has 1 aromatic carbocycles. The molecule has 2 aliphatic heterocycles. The Morgan fingerprint density at radius 1 is 1.29 bits per heavy atom. The fraction of sp³-hybridized carbons (Fsp3) is 0.667. The SMILES string of the molecule is CO[C@]12C=C[C@@]3(C[C@H]1C)[C@H]1Cc4ccc(O)c5c4[C@@]3(CCN1CC1CC1)[C@H]2O5. The van der Waals surface area contributed by atoms with E-state index >= 15 is 0 Å². The molecule has 8 rings (SSSR count). The number of phenolic OH excluding ortho intramolecular Hbond substituents is 1. The van der Waals surface area contributed by atoms with Gasteiger partial charge in [0, 0.05) is 30.7 Å². The Hall–Kier alpha value is -1.52. The van der Waals surface area contributed by atoms with Crippen molar-refractivity contribution < 1.29 is 14.6 Å². The first kappa shape index (κ1) is 16.3. The van der Waals surface area contributed by atoms with Gasteiger partial charge in [-0.3, -0.25) is 4.90 Å². The third kappa shape index (κ3) is 1.51. The van der Waals surface area contributed by atoms with Gasteiger partial charge in [0.25, 0.3) is 0 Å². The number of phenols is 1. The second kappa shape index (κ2) is 4.79. The van der Waals surface area contributed by atoms with Crippen LogP contribution >= 0.6 is 0 Å². The second-order valence-electron chi connectivity index (χ2n) is 10.4. The maximum absolute atomic E-state index is 10.7. The summed E-state index contributed by atoms with van der Waals surface area (Å²) < 4.78 is 12.9. The number of methoxy groups -OCH3 is 1. The van der Waals surface area contributed by atoms with E-state index < -0.39 is 5.60 Å². The number of ether oxygens (including phenoxy) is 2. The number of fused-ring (bicyclic) bond motifs is 1. The van der Waals surface area contributed by atoms with Crippen LogP contribution in [0.5, 0.6) is 11.5 Å². The molecule has 2 heterocycles. The predicted molar refractivity (Wildman–Crippen MR) is 106 cm³/mol. The van der Waals surface area contributed by atoms with Gasteiger partial charge in [0.2, 0.25) is 0 Å². The van der Waals surface area contributed by atoms with Crippen LogP contribution in [0.25, 0.3) is 0 Å². The van der Waals surface area contributed by atoms with E-state index in [2.05, 4.69) is 30.0 Å². The van der Waals surface area contributed by atoms with Crippen molar-refractivity contribution in [3.05, 3.63) is 35.4 Å². The summed E-state index contributed by atoms with van der Waals surface area (Å²) in [4.78, 5) is 2.82. The number of piperidine rings is 1. The predicted octanol–water partition coefficient (Wildman–Crippen LogP) is 3.41. The van der Waals surface area contributed by atoms with Gasteiger partial charge in [0.15, 0.2) is 11.5 Å².